The maximum absolute atomic E-state index is 12.3. The quantitative estimate of drug-likeness (QED) is 0.751. The van der Waals surface area contributed by atoms with E-state index in [1.807, 2.05) is 42.5 Å². The Hall–Kier alpha value is -1.85. The lowest BCUT2D eigenvalue weighted by Crippen LogP contribution is -2.51. The van der Waals surface area contributed by atoms with Crippen LogP contribution in [-0.4, -0.2) is 53.0 Å². The van der Waals surface area contributed by atoms with E-state index in [9.17, 15) is 9.90 Å². The molecule has 0 spiro atoms. The van der Waals surface area contributed by atoms with Crippen LogP contribution in [0.5, 0.6) is 0 Å². The third-order valence-electron chi connectivity index (χ3n) is 4.13. The SMILES string of the molecule is O=C(NC1CCCCC1O)N(CC=Cc1ccccc1)CCO. The van der Waals surface area contributed by atoms with Gasteiger partial charge in [0.25, 0.3) is 0 Å². The Morgan fingerprint density at radius 1 is 1.26 bits per heavy atom. The van der Waals surface area contributed by atoms with Crippen molar-refractivity contribution < 1.29 is 15.0 Å². The van der Waals surface area contributed by atoms with Crippen LogP contribution in [0.4, 0.5) is 4.79 Å². The van der Waals surface area contributed by atoms with Gasteiger partial charge in [0.2, 0.25) is 0 Å². The molecule has 0 radical (unpaired) electrons. The van der Waals surface area contributed by atoms with Crippen molar-refractivity contribution in [2.24, 2.45) is 0 Å². The summed E-state index contributed by atoms with van der Waals surface area (Å²) in [5.74, 6) is 0. The number of carbonyl (C=O) groups excluding carboxylic acids is 1. The minimum atomic E-state index is -0.469. The molecule has 0 bridgehead atoms. The van der Waals surface area contributed by atoms with Gasteiger partial charge in [-0.25, -0.2) is 4.79 Å². The number of hydrogen-bond acceptors (Lipinski definition) is 3. The summed E-state index contributed by atoms with van der Waals surface area (Å²) >= 11 is 0. The van der Waals surface area contributed by atoms with Gasteiger partial charge in [-0.05, 0) is 18.4 Å². The fraction of sp³-hybridized carbons (Fsp3) is 0.500. The molecule has 5 heteroatoms. The molecule has 1 aliphatic rings. The van der Waals surface area contributed by atoms with E-state index in [0.717, 1.165) is 31.2 Å². The summed E-state index contributed by atoms with van der Waals surface area (Å²) in [7, 11) is 0. The number of hydrogen-bond donors (Lipinski definition) is 3. The first kappa shape index (κ1) is 17.5. The van der Waals surface area contributed by atoms with Gasteiger partial charge in [0, 0.05) is 13.1 Å². The van der Waals surface area contributed by atoms with Crippen LogP contribution in [0.3, 0.4) is 0 Å². The van der Waals surface area contributed by atoms with Crippen LogP contribution in [0.25, 0.3) is 6.08 Å². The van der Waals surface area contributed by atoms with Crippen LogP contribution >= 0.6 is 0 Å². The first-order chi connectivity index (χ1) is 11.2. The number of nitrogens with zero attached hydrogens (tertiary/aromatic N) is 1. The second-order valence-electron chi connectivity index (χ2n) is 5.89. The van der Waals surface area contributed by atoms with Crippen LogP contribution in [0.15, 0.2) is 36.4 Å². The molecule has 0 aliphatic heterocycles. The average molecular weight is 318 g/mol. The molecule has 126 valence electrons. The number of aliphatic hydroxyl groups excluding tert-OH is 2. The van der Waals surface area contributed by atoms with Crippen molar-refractivity contribution in [3.8, 4) is 0 Å². The molecule has 1 aromatic rings. The lowest BCUT2D eigenvalue weighted by molar-refractivity contribution is 0.0894. The van der Waals surface area contributed by atoms with Gasteiger partial charge in [0.1, 0.15) is 0 Å². The van der Waals surface area contributed by atoms with Gasteiger partial charge in [-0.15, -0.1) is 0 Å². The molecule has 1 aliphatic carbocycles. The highest BCUT2D eigenvalue weighted by atomic mass is 16.3. The molecule has 3 N–H and O–H groups in total. The van der Waals surface area contributed by atoms with E-state index in [2.05, 4.69) is 5.32 Å². The third-order valence-corrected chi connectivity index (χ3v) is 4.13. The summed E-state index contributed by atoms with van der Waals surface area (Å²) in [5.41, 5.74) is 1.07. The highest BCUT2D eigenvalue weighted by Crippen LogP contribution is 2.18. The number of benzene rings is 1. The molecule has 23 heavy (non-hydrogen) atoms. The topological polar surface area (TPSA) is 72.8 Å². The summed E-state index contributed by atoms with van der Waals surface area (Å²) < 4.78 is 0. The first-order valence-corrected chi connectivity index (χ1v) is 8.26. The van der Waals surface area contributed by atoms with Gasteiger partial charge in [-0.2, -0.15) is 0 Å². The van der Waals surface area contributed by atoms with E-state index in [-0.39, 0.29) is 25.2 Å². The molecule has 0 saturated heterocycles. The van der Waals surface area contributed by atoms with Gasteiger partial charge >= 0.3 is 6.03 Å². The standard InChI is InChI=1S/C18H26N2O3/c21-14-13-20(12-6-9-15-7-2-1-3-8-15)18(23)19-16-10-4-5-11-17(16)22/h1-3,6-9,16-17,21-22H,4-5,10-14H2,(H,19,23). The van der Waals surface area contributed by atoms with Crippen LogP contribution in [0.1, 0.15) is 31.2 Å². The highest BCUT2D eigenvalue weighted by Gasteiger charge is 2.25. The number of carbonyl (C=O) groups is 1. The molecular weight excluding hydrogens is 292 g/mol. The van der Waals surface area contributed by atoms with E-state index < -0.39 is 6.10 Å². The lowest BCUT2D eigenvalue weighted by Gasteiger charge is -2.31. The Morgan fingerprint density at radius 2 is 2.00 bits per heavy atom. The highest BCUT2D eigenvalue weighted by molar-refractivity contribution is 5.75. The van der Waals surface area contributed by atoms with Crippen molar-refractivity contribution in [3.05, 3.63) is 42.0 Å². The summed E-state index contributed by atoms with van der Waals surface area (Å²) in [5, 5.41) is 22.0. The maximum atomic E-state index is 12.3. The van der Waals surface area contributed by atoms with Crippen LogP contribution < -0.4 is 5.32 Å². The minimum Gasteiger partial charge on any atom is -0.395 e. The molecule has 1 aromatic carbocycles. The summed E-state index contributed by atoms with van der Waals surface area (Å²) in [6.45, 7) is 0.609. The number of rotatable bonds is 6. The zero-order chi connectivity index (χ0) is 16.5. The lowest BCUT2D eigenvalue weighted by atomic mass is 9.93. The predicted molar refractivity (Wildman–Crippen MR) is 90.9 cm³/mol. The Kier molecular flexibility index (Phi) is 7.10. The fourth-order valence-electron chi connectivity index (χ4n) is 2.81. The van der Waals surface area contributed by atoms with Gasteiger partial charge < -0.3 is 20.4 Å². The van der Waals surface area contributed by atoms with Crippen molar-refractivity contribution in [1.29, 1.82) is 0 Å². The molecular formula is C18H26N2O3. The molecule has 0 heterocycles. The van der Waals surface area contributed by atoms with E-state index in [1.165, 1.54) is 0 Å². The Bertz CT molecular complexity index is 504. The van der Waals surface area contributed by atoms with Crippen molar-refractivity contribution in [1.82, 2.24) is 10.2 Å². The molecule has 0 aromatic heterocycles. The van der Waals surface area contributed by atoms with Crippen molar-refractivity contribution >= 4 is 12.1 Å². The molecule has 2 unspecified atom stereocenters. The summed E-state index contributed by atoms with van der Waals surface area (Å²) in [4.78, 5) is 13.9. The summed E-state index contributed by atoms with van der Waals surface area (Å²) in [6.07, 6.45) is 6.96. The van der Waals surface area contributed by atoms with Gasteiger partial charge in [-0.3, -0.25) is 0 Å². The minimum absolute atomic E-state index is 0.0835. The second-order valence-corrected chi connectivity index (χ2v) is 5.89. The van der Waals surface area contributed by atoms with Crippen molar-refractivity contribution in [2.45, 2.75) is 37.8 Å². The Morgan fingerprint density at radius 3 is 2.70 bits per heavy atom. The molecule has 2 rings (SSSR count). The first-order valence-electron chi connectivity index (χ1n) is 8.26. The van der Waals surface area contributed by atoms with Crippen molar-refractivity contribution in [2.75, 3.05) is 19.7 Å². The third kappa shape index (κ3) is 5.69. The van der Waals surface area contributed by atoms with E-state index in [4.69, 9.17) is 5.11 Å². The number of nitrogens with one attached hydrogen (secondary N) is 1. The zero-order valence-electron chi connectivity index (χ0n) is 13.4. The van der Waals surface area contributed by atoms with Crippen molar-refractivity contribution in [3.63, 3.8) is 0 Å². The Balaban J connectivity index is 1.88. The summed E-state index contributed by atoms with van der Waals surface area (Å²) in [6, 6.07) is 9.44. The number of aliphatic hydroxyl groups is 2. The maximum Gasteiger partial charge on any atom is 0.318 e. The monoisotopic (exact) mass is 318 g/mol. The van der Waals surface area contributed by atoms with Crippen LogP contribution in [0, 0.1) is 0 Å². The van der Waals surface area contributed by atoms with Gasteiger partial charge in [0.15, 0.2) is 0 Å². The molecule has 1 fully saturated rings. The normalized spacial score (nSPS) is 21.3. The van der Waals surface area contributed by atoms with Gasteiger partial charge in [-0.1, -0.05) is 55.3 Å². The van der Waals surface area contributed by atoms with Crippen LogP contribution in [-0.2, 0) is 0 Å². The largest absolute Gasteiger partial charge is 0.395 e. The van der Waals surface area contributed by atoms with Gasteiger partial charge in [0.05, 0.1) is 18.8 Å². The second kappa shape index (κ2) is 9.33. The zero-order valence-corrected chi connectivity index (χ0v) is 13.4. The molecule has 2 atom stereocenters. The average Bonchev–Trinajstić information content (AvgIpc) is 2.57. The molecule has 5 nitrogen and oxygen atoms in total. The number of urea groups is 1. The molecule has 2 amide bonds. The fourth-order valence-corrected chi connectivity index (χ4v) is 2.81. The molecule has 1 saturated carbocycles. The van der Waals surface area contributed by atoms with E-state index in [1.54, 1.807) is 4.90 Å². The predicted octanol–water partition coefficient (Wildman–Crippen LogP) is 2.01. The Labute approximate surface area is 137 Å². The number of amides is 2. The smallest absolute Gasteiger partial charge is 0.318 e. The van der Waals surface area contributed by atoms with E-state index >= 15 is 0 Å². The van der Waals surface area contributed by atoms with Crippen LogP contribution in [0.2, 0.25) is 0 Å². The van der Waals surface area contributed by atoms with E-state index in [0.29, 0.717) is 6.54 Å².